The van der Waals surface area contributed by atoms with Crippen molar-refractivity contribution in [3.8, 4) is 0 Å². The van der Waals surface area contributed by atoms with Crippen LogP contribution in [0.2, 0.25) is 0 Å². The predicted octanol–water partition coefficient (Wildman–Crippen LogP) is 0.625. The number of piperazine rings is 1. The number of halogens is 1. The summed E-state index contributed by atoms with van der Waals surface area (Å²) < 4.78 is 17.9. The van der Waals surface area contributed by atoms with Crippen LogP contribution in [-0.2, 0) is 13.1 Å². The van der Waals surface area contributed by atoms with Crippen LogP contribution < -0.4 is 5.73 Å². The summed E-state index contributed by atoms with van der Waals surface area (Å²) in [5.74, 6) is 0.604. The Morgan fingerprint density at radius 2 is 1.91 bits per heavy atom. The highest BCUT2D eigenvalue weighted by molar-refractivity contribution is 5.94. The van der Waals surface area contributed by atoms with E-state index in [1.54, 1.807) is 4.90 Å². The van der Waals surface area contributed by atoms with Crippen LogP contribution in [0.25, 0.3) is 0 Å². The number of nitrogens with two attached hydrogens (primary N) is 1. The van der Waals surface area contributed by atoms with Gasteiger partial charge in [-0.2, -0.15) is 4.98 Å². The lowest BCUT2D eigenvalue weighted by atomic mass is 10.2. The van der Waals surface area contributed by atoms with Gasteiger partial charge in [-0.3, -0.25) is 9.69 Å². The van der Waals surface area contributed by atoms with E-state index in [9.17, 15) is 9.18 Å². The lowest BCUT2D eigenvalue weighted by Crippen LogP contribution is -2.48. The van der Waals surface area contributed by atoms with E-state index < -0.39 is 0 Å². The fourth-order valence-corrected chi connectivity index (χ4v) is 2.52. The molecule has 1 aromatic carbocycles. The Balaban J connectivity index is 1.53. The van der Waals surface area contributed by atoms with Crippen LogP contribution in [0.4, 0.5) is 4.39 Å². The molecular formula is C15H18FN5O2. The van der Waals surface area contributed by atoms with Crippen molar-refractivity contribution >= 4 is 5.91 Å². The van der Waals surface area contributed by atoms with Gasteiger partial charge >= 0.3 is 0 Å². The standard InChI is InChI=1S/C15H18FN5O2/c16-12-3-1-11(2-4-12)15(22)21-7-5-20(6-8-21)10-13-18-14(9-17)23-19-13/h1-4H,5-10,17H2. The highest BCUT2D eigenvalue weighted by Crippen LogP contribution is 2.11. The van der Waals surface area contributed by atoms with E-state index in [0.717, 1.165) is 13.1 Å². The van der Waals surface area contributed by atoms with Crippen molar-refractivity contribution in [1.82, 2.24) is 19.9 Å². The van der Waals surface area contributed by atoms with Gasteiger partial charge in [0.2, 0.25) is 5.89 Å². The molecule has 2 heterocycles. The second-order valence-corrected chi connectivity index (χ2v) is 5.38. The third kappa shape index (κ3) is 3.72. The third-order valence-corrected chi connectivity index (χ3v) is 3.80. The van der Waals surface area contributed by atoms with Crippen molar-refractivity contribution in [3.05, 3.63) is 47.4 Å². The molecule has 0 bridgehead atoms. The molecule has 2 aromatic rings. The number of hydrogen-bond acceptors (Lipinski definition) is 6. The van der Waals surface area contributed by atoms with Gasteiger partial charge in [-0.05, 0) is 24.3 Å². The molecule has 1 aliphatic rings. The van der Waals surface area contributed by atoms with Crippen molar-refractivity contribution in [2.75, 3.05) is 26.2 Å². The normalized spacial score (nSPS) is 15.8. The Morgan fingerprint density at radius 3 is 2.52 bits per heavy atom. The second-order valence-electron chi connectivity index (χ2n) is 5.38. The molecule has 1 fully saturated rings. The summed E-state index contributed by atoms with van der Waals surface area (Å²) in [6.45, 7) is 3.46. The molecule has 1 saturated heterocycles. The van der Waals surface area contributed by atoms with Gasteiger partial charge in [0.15, 0.2) is 5.82 Å². The minimum Gasteiger partial charge on any atom is -0.338 e. The lowest BCUT2D eigenvalue weighted by molar-refractivity contribution is 0.0624. The molecule has 1 aliphatic heterocycles. The molecular weight excluding hydrogens is 301 g/mol. The summed E-state index contributed by atoms with van der Waals surface area (Å²) in [5, 5.41) is 3.87. The van der Waals surface area contributed by atoms with Gasteiger partial charge in [-0.15, -0.1) is 0 Å². The van der Waals surface area contributed by atoms with E-state index in [1.165, 1.54) is 24.3 Å². The zero-order valence-corrected chi connectivity index (χ0v) is 12.6. The van der Waals surface area contributed by atoms with Crippen molar-refractivity contribution in [2.45, 2.75) is 13.1 Å². The second kappa shape index (κ2) is 6.84. The minimum absolute atomic E-state index is 0.0744. The summed E-state index contributed by atoms with van der Waals surface area (Å²) in [7, 11) is 0. The number of aromatic nitrogens is 2. The quantitative estimate of drug-likeness (QED) is 0.889. The fourth-order valence-electron chi connectivity index (χ4n) is 2.52. The molecule has 0 radical (unpaired) electrons. The van der Waals surface area contributed by atoms with Gasteiger partial charge in [0.25, 0.3) is 5.91 Å². The monoisotopic (exact) mass is 319 g/mol. The van der Waals surface area contributed by atoms with Crippen LogP contribution in [0.1, 0.15) is 22.1 Å². The van der Waals surface area contributed by atoms with Gasteiger partial charge in [0.05, 0.1) is 13.1 Å². The molecule has 8 heteroatoms. The van der Waals surface area contributed by atoms with E-state index in [2.05, 4.69) is 15.0 Å². The van der Waals surface area contributed by atoms with Gasteiger partial charge in [0, 0.05) is 31.7 Å². The van der Waals surface area contributed by atoms with Crippen molar-refractivity contribution in [2.24, 2.45) is 5.73 Å². The SMILES string of the molecule is NCc1nc(CN2CCN(C(=O)c3ccc(F)cc3)CC2)no1. The number of carbonyl (C=O) groups is 1. The van der Waals surface area contributed by atoms with Gasteiger partial charge in [-0.1, -0.05) is 5.16 Å². The molecule has 1 aromatic heterocycles. The van der Waals surface area contributed by atoms with E-state index >= 15 is 0 Å². The maximum absolute atomic E-state index is 12.9. The van der Waals surface area contributed by atoms with Crippen molar-refractivity contribution in [3.63, 3.8) is 0 Å². The Morgan fingerprint density at radius 1 is 1.22 bits per heavy atom. The highest BCUT2D eigenvalue weighted by Gasteiger charge is 2.23. The van der Waals surface area contributed by atoms with Crippen LogP contribution in [0.3, 0.4) is 0 Å². The summed E-state index contributed by atoms with van der Waals surface area (Å²) in [6, 6.07) is 5.62. The van der Waals surface area contributed by atoms with Gasteiger partial charge in [0.1, 0.15) is 5.82 Å². The first-order valence-corrected chi connectivity index (χ1v) is 7.44. The van der Waals surface area contributed by atoms with Crippen LogP contribution in [0.15, 0.2) is 28.8 Å². The first-order valence-electron chi connectivity index (χ1n) is 7.44. The predicted molar refractivity (Wildman–Crippen MR) is 79.8 cm³/mol. The van der Waals surface area contributed by atoms with E-state index in [0.29, 0.717) is 36.9 Å². The van der Waals surface area contributed by atoms with Crippen LogP contribution in [0, 0.1) is 5.82 Å². The first kappa shape index (κ1) is 15.6. The number of nitrogens with zero attached hydrogens (tertiary/aromatic N) is 4. The Kier molecular flexibility index (Phi) is 4.63. The van der Waals surface area contributed by atoms with Crippen molar-refractivity contribution in [1.29, 1.82) is 0 Å². The first-order chi connectivity index (χ1) is 11.2. The van der Waals surface area contributed by atoms with Crippen LogP contribution in [0.5, 0.6) is 0 Å². The molecule has 0 aliphatic carbocycles. The average molecular weight is 319 g/mol. The molecule has 0 unspecified atom stereocenters. The number of carbonyl (C=O) groups excluding carboxylic acids is 1. The number of rotatable bonds is 4. The smallest absolute Gasteiger partial charge is 0.253 e. The molecule has 3 rings (SSSR count). The minimum atomic E-state index is -0.344. The molecule has 0 spiro atoms. The molecule has 0 atom stereocenters. The van der Waals surface area contributed by atoms with Crippen LogP contribution >= 0.6 is 0 Å². The largest absolute Gasteiger partial charge is 0.338 e. The maximum Gasteiger partial charge on any atom is 0.253 e. The molecule has 23 heavy (non-hydrogen) atoms. The zero-order valence-electron chi connectivity index (χ0n) is 12.6. The lowest BCUT2D eigenvalue weighted by Gasteiger charge is -2.34. The number of hydrogen-bond donors (Lipinski definition) is 1. The number of benzene rings is 1. The van der Waals surface area contributed by atoms with Crippen molar-refractivity contribution < 1.29 is 13.7 Å². The third-order valence-electron chi connectivity index (χ3n) is 3.80. The summed E-state index contributed by atoms with van der Waals surface area (Å²) in [4.78, 5) is 20.4. The van der Waals surface area contributed by atoms with Gasteiger partial charge < -0.3 is 15.2 Å². The average Bonchev–Trinajstić information content (AvgIpc) is 3.03. The summed E-state index contributed by atoms with van der Waals surface area (Å²) >= 11 is 0. The molecule has 2 N–H and O–H groups in total. The Bertz CT molecular complexity index is 665. The fraction of sp³-hybridized carbons (Fsp3) is 0.400. The topological polar surface area (TPSA) is 88.5 Å². The number of amides is 1. The van der Waals surface area contributed by atoms with E-state index in [1.807, 2.05) is 0 Å². The molecule has 122 valence electrons. The molecule has 0 saturated carbocycles. The summed E-state index contributed by atoms with van der Waals surface area (Å²) in [5.41, 5.74) is 5.94. The Hall–Kier alpha value is -2.32. The maximum atomic E-state index is 12.9. The van der Waals surface area contributed by atoms with E-state index in [4.69, 9.17) is 10.3 Å². The van der Waals surface area contributed by atoms with Gasteiger partial charge in [-0.25, -0.2) is 4.39 Å². The molecule has 1 amide bonds. The zero-order chi connectivity index (χ0) is 16.2. The Labute approximate surface area is 132 Å². The van der Waals surface area contributed by atoms with Crippen LogP contribution in [-0.4, -0.2) is 52.0 Å². The molecule has 7 nitrogen and oxygen atoms in total. The summed E-state index contributed by atoms with van der Waals surface area (Å²) in [6.07, 6.45) is 0. The van der Waals surface area contributed by atoms with E-state index in [-0.39, 0.29) is 18.3 Å². The highest BCUT2D eigenvalue weighted by atomic mass is 19.1.